The van der Waals surface area contributed by atoms with Crippen LogP contribution < -0.4 is 4.90 Å². The predicted octanol–water partition coefficient (Wildman–Crippen LogP) is 9.90. The van der Waals surface area contributed by atoms with Gasteiger partial charge in [0, 0.05) is 22.6 Å². The van der Waals surface area contributed by atoms with E-state index in [-0.39, 0.29) is 0 Å². The molecule has 14 heteroatoms. The lowest BCUT2D eigenvalue weighted by atomic mass is 10.1. The molecule has 5 rings (SSSR count). The van der Waals surface area contributed by atoms with Crippen LogP contribution in [0.25, 0.3) is 24.3 Å². The fourth-order valence-corrected chi connectivity index (χ4v) is 6.31. The van der Waals surface area contributed by atoms with Gasteiger partial charge in [-0.2, -0.15) is 26.3 Å². The van der Waals surface area contributed by atoms with Crippen LogP contribution in [-0.4, -0.2) is 34.1 Å². The smallest absolute Gasteiger partial charge is 0.311 e. The molecule has 0 aliphatic carbocycles. The minimum absolute atomic E-state index is 0.479. The molecule has 6 nitrogen and oxygen atoms in total. The van der Waals surface area contributed by atoms with Crippen molar-refractivity contribution in [3.63, 3.8) is 0 Å². The molecule has 0 spiro atoms. The van der Waals surface area contributed by atoms with Gasteiger partial charge in [0.2, 0.25) is 0 Å². The molecule has 0 fully saturated rings. The number of aldehydes is 1. The fraction of sp³-hybridized carbons (Fsp3) is 0.0541. The third-order valence-electron chi connectivity index (χ3n) is 7.52. The van der Waals surface area contributed by atoms with Gasteiger partial charge in [0.05, 0.1) is 9.79 Å². The summed E-state index contributed by atoms with van der Waals surface area (Å²) in [5.41, 5.74) is -5.65. The maximum atomic E-state index is 12.8. The third-order valence-corrected chi connectivity index (χ3v) is 10.5. The Bertz CT molecular complexity index is 2140. The molecule has 51 heavy (non-hydrogen) atoms. The number of sulfone groups is 2. The van der Waals surface area contributed by atoms with E-state index in [4.69, 9.17) is 0 Å². The van der Waals surface area contributed by atoms with Crippen molar-refractivity contribution in [2.75, 3.05) is 4.90 Å². The summed E-state index contributed by atoms with van der Waals surface area (Å²) < 4.78 is 124. The van der Waals surface area contributed by atoms with Crippen LogP contribution in [0.4, 0.5) is 43.4 Å². The van der Waals surface area contributed by atoms with Crippen molar-refractivity contribution in [1.82, 2.24) is 0 Å². The van der Waals surface area contributed by atoms with E-state index in [1.54, 1.807) is 48.6 Å². The number of alkyl halides is 6. The maximum Gasteiger partial charge on any atom is 0.501 e. The number of nitrogens with zero attached hydrogens (tertiary/aromatic N) is 1. The highest BCUT2D eigenvalue weighted by atomic mass is 32.2. The summed E-state index contributed by atoms with van der Waals surface area (Å²) in [4.78, 5) is 11.5. The van der Waals surface area contributed by atoms with Crippen molar-refractivity contribution in [1.29, 1.82) is 0 Å². The van der Waals surface area contributed by atoms with Crippen molar-refractivity contribution < 1.29 is 48.0 Å². The highest BCUT2D eigenvalue weighted by molar-refractivity contribution is 7.92. The first-order valence-corrected chi connectivity index (χ1v) is 17.7. The quantitative estimate of drug-likeness (QED) is 0.0805. The zero-order chi connectivity index (χ0) is 37.0. The molecule has 5 aromatic rings. The van der Waals surface area contributed by atoms with E-state index in [1.165, 1.54) is 24.3 Å². The van der Waals surface area contributed by atoms with Crippen LogP contribution >= 0.6 is 0 Å². The highest BCUT2D eigenvalue weighted by Gasteiger charge is 2.47. The molecule has 0 unspecified atom stereocenters. The monoisotopic (exact) mass is 741 g/mol. The molecule has 0 heterocycles. The van der Waals surface area contributed by atoms with Crippen molar-refractivity contribution >= 4 is 67.3 Å². The topological polar surface area (TPSA) is 88.6 Å². The predicted molar refractivity (Wildman–Crippen MR) is 184 cm³/mol. The fourth-order valence-electron chi connectivity index (χ4n) is 4.79. The second-order valence-corrected chi connectivity index (χ2v) is 14.8. The number of carbonyl (C=O) groups is 1. The summed E-state index contributed by atoms with van der Waals surface area (Å²) in [6.45, 7) is 0. The summed E-state index contributed by atoms with van der Waals surface area (Å²) >= 11 is 0. The van der Waals surface area contributed by atoms with E-state index in [9.17, 15) is 48.0 Å². The Balaban J connectivity index is 1.36. The molecule has 0 aliphatic heterocycles. The second kappa shape index (κ2) is 14.4. The molecule has 0 aromatic heterocycles. The second-order valence-electron chi connectivity index (χ2n) is 10.9. The van der Waals surface area contributed by atoms with Crippen LogP contribution in [0.2, 0.25) is 0 Å². The van der Waals surface area contributed by atoms with E-state index < -0.39 is 40.5 Å². The van der Waals surface area contributed by atoms with Gasteiger partial charge in [-0.05, 0) is 95.1 Å². The van der Waals surface area contributed by atoms with E-state index in [0.29, 0.717) is 16.7 Å². The zero-order valence-electron chi connectivity index (χ0n) is 26.0. The minimum Gasteiger partial charge on any atom is -0.311 e. The molecular formula is C37H25F6NO5S2. The van der Waals surface area contributed by atoms with Gasteiger partial charge >= 0.3 is 11.0 Å². The first-order valence-electron chi connectivity index (χ1n) is 14.7. The van der Waals surface area contributed by atoms with E-state index in [0.717, 1.165) is 58.7 Å². The van der Waals surface area contributed by atoms with Gasteiger partial charge in [0.15, 0.2) is 0 Å². The van der Waals surface area contributed by atoms with Crippen molar-refractivity contribution in [3.8, 4) is 0 Å². The molecule has 0 amide bonds. The van der Waals surface area contributed by atoms with E-state index in [1.807, 2.05) is 53.4 Å². The van der Waals surface area contributed by atoms with Crippen LogP contribution in [0.1, 0.15) is 32.6 Å². The van der Waals surface area contributed by atoms with Crippen LogP contribution in [0, 0.1) is 0 Å². The Hall–Kier alpha value is -5.47. The Morgan fingerprint density at radius 2 is 0.627 bits per heavy atom. The lowest BCUT2D eigenvalue weighted by Crippen LogP contribution is -2.23. The van der Waals surface area contributed by atoms with Gasteiger partial charge in [-0.1, -0.05) is 72.8 Å². The highest BCUT2D eigenvalue weighted by Crippen LogP contribution is 2.36. The summed E-state index contributed by atoms with van der Waals surface area (Å²) in [7, 11) is -10.9. The van der Waals surface area contributed by atoms with Gasteiger partial charge in [-0.25, -0.2) is 16.8 Å². The van der Waals surface area contributed by atoms with Crippen molar-refractivity contribution in [2.24, 2.45) is 0 Å². The standard InChI is InChI=1S/C37H25F6NO5S2/c38-36(39,40)50(46,47)34-21-11-28(12-22-34)3-1-26-5-15-31(16-6-26)44(33-19-9-30(25-45)10-20-33)32-17-7-27(8-18-32)2-4-29-13-23-35(24-14-29)51(48,49)37(41,42)43/h1-25H/b3-1+,4-2+. The van der Waals surface area contributed by atoms with Gasteiger partial charge in [-0.15, -0.1) is 0 Å². The Labute approximate surface area is 289 Å². The minimum atomic E-state index is -5.44. The summed E-state index contributed by atoms with van der Waals surface area (Å²) in [6, 6.07) is 30.1. The number of benzene rings is 5. The van der Waals surface area contributed by atoms with Crippen molar-refractivity contribution in [3.05, 3.63) is 149 Å². The number of rotatable bonds is 10. The van der Waals surface area contributed by atoms with Crippen LogP contribution in [0.3, 0.4) is 0 Å². The molecule has 0 saturated heterocycles. The first kappa shape index (κ1) is 36.8. The Kier molecular flexibility index (Phi) is 10.4. The van der Waals surface area contributed by atoms with E-state index in [2.05, 4.69) is 0 Å². The number of halogens is 6. The molecule has 0 aliphatic rings. The Morgan fingerprint density at radius 3 is 0.863 bits per heavy atom. The van der Waals surface area contributed by atoms with Gasteiger partial charge in [0.25, 0.3) is 19.7 Å². The summed E-state index contributed by atoms with van der Waals surface area (Å²) in [6.07, 6.45) is 7.40. The van der Waals surface area contributed by atoms with Crippen LogP contribution in [0.5, 0.6) is 0 Å². The first-order chi connectivity index (χ1) is 24.0. The van der Waals surface area contributed by atoms with Gasteiger partial charge in [-0.3, -0.25) is 4.79 Å². The van der Waals surface area contributed by atoms with Gasteiger partial charge in [0.1, 0.15) is 6.29 Å². The molecule has 0 saturated carbocycles. The molecule has 0 radical (unpaired) electrons. The van der Waals surface area contributed by atoms with E-state index >= 15 is 0 Å². The summed E-state index contributed by atoms with van der Waals surface area (Å²) in [5.74, 6) is 0. The third kappa shape index (κ3) is 8.30. The molecule has 5 aromatic carbocycles. The molecular weight excluding hydrogens is 717 g/mol. The Morgan fingerprint density at radius 1 is 0.392 bits per heavy atom. The number of carbonyl (C=O) groups excluding carboxylic acids is 1. The average molecular weight is 742 g/mol. The largest absolute Gasteiger partial charge is 0.501 e. The zero-order valence-corrected chi connectivity index (χ0v) is 27.6. The summed E-state index contributed by atoms with van der Waals surface area (Å²) in [5, 5.41) is 0. The molecule has 0 atom stereocenters. The lowest BCUT2D eigenvalue weighted by Gasteiger charge is -2.25. The SMILES string of the molecule is O=Cc1ccc(N(c2ccc(/C=C/c3ccc(S(=O)(=O)C(F)(F)F)cc3)cc2)c2ccc(/C=C/c3ccc(S(=O)(=O)C(F)(F)F)cc3)cc2)cc1. The van der Waals surface area contributed by atoms with Crippen LogP contribution in [-0.2, 0) is 19.7 Å². The molecule has 0 bridgehead atoms. The van der Waals surface area contributed by atoms with Crippen molar-refractivity contribution in [2.45, 2.75) is 20.8 Å². The molecule has 262 valence electrons. The number of anilines is 3. The molecule has 0 N–H and O–H groups in total. The lowest BCUT2D eigenvalue weighted by molar-refractivity contribution is -0.0442. The van der Waals surface area contributed by atoms with Crippen LogP contribution in [0.15, 0.2) is 131 Å². The normalized spacial score (nSPS) is 12.7. The maximum absolute atomic E-state index is 12.8. The number of hydrogen-bond donors (Lipinski definition) is 0. The average Bonchev–Trinajstić information content (AvgIpc) is 3.11. The number of hydrogen-bond acceptors (Lipinski definition) is 6. The van der Waals surface area contributed by atoms with Gasteiger partial charge < -0.3 is 4.90 Å².